The Hall–Kier alpha value is -1.06. The van der Waals surface area contributed by atoms with Crippen molar-refractivity contribution in [2.24, 2.45) is 0 Å². The SMILES string of the molecule is CNC(C1=CCCCO1)c1ccc(Cl)cn1. The van der Waals surface area contributed by atoms with Crippen molar-refractivity contribution in [1.29, 1.82) is 0 Å². The zero-order valence-electron chi connectivity index (χ0n) is 9.24. The number of nitrogens with one attached hydrogen (secondary N) is 1. The van der Waals surface area contributed by atoms with Gasteiger partial charge in [-0.1, -0.05) is 11.6 Å². The second-order valence-electron chi connectivity index (χ2n) is 3.72. The van der Waals surface area contributed by atoms with Gasteiger partial charge in [0.2, 0.25) is 0 Å². The molecule has 1 unspecified atom stereocenters. The summed E-state index contributed by atoms with van der Waals surface area (Å²) in [5.74, 6) is 0.962. The number of rotatable bonds is 3. The molecule has 1 aliphatic heterocycles. The molecule has 1 aromatic heterocycles. The number of allylic oxidation sites excluding steroid dienone is 1. The number of aromatic nitrogens is 1. The third kappa shape index (κ3) is 2.54. The van der Waals surface area contributed by atoms with Gasteiger partial charge in [-0.2, -0.15) is 0 Å². The molecule has 0 spiro atoms. The smallest absolute Gasteiger partial charge is 0.115 e. The Balaban J connectivity index is 2.21. The summed E-state index contributed by atoms with van der Waals surface area (Å²) in [4.78, 5) is 4.31. The molecule has 0 fully saturated rings. The molecule has 1 aromatic rings. The number of hydrogen-bond donors (Lipinski definition) is 1. The van der Waals surface area contributed by atoms with Crippen LogP contribution >= 0.6 is 11.6 Å². The van der Waals surface area contributed by atoms with Crippen LogP contribution < -0.4 is 5.32 Å². The summed E-state index contributed by atoms with van der Waals surface area (Å²) >= 11 is 5.82. The topological polar surface area (TPSA) is 34.1 Å². The quantitative estimate of drug-likeness (QED) is 0.879. The molecule has 1 N–H and O–H groups in total. The van der Waals surface area contributed by atoms with E-state index in [-0.39, 0.29) is 6.04 Å². The zero-order chi connectivity index (χ0) is 11.4. The Morgan fingerprint density at radius 1 is 1.50 bits per heavy atom. The maximum absolute atomic E-state index is 5.82. The van der Waals surface area contributed by atoms with Gasteiger partial charge in [0.25, 0.3) is 0 Å². The van der Waals surface area contributed by atoms with Gasteiger partial charge in [-0.3, -0.25) is 4.98 Å². The number of nitrogens with zero attached hydrogens (tertiary/aromatic N) is 1. The van der Waals surface area contributed by atoms with Crippen LogP contribution in [-0.2, 0) is 4.74 Å². The third-order valence-corrected chi connectivity index (χ3v) is 2.81. The summed E-state index contributed by atoms with van der Waals surface area (Å²) in [6.45, 7) is 0.789. The summed E-state index contributed by atoms with van der Waals surface area (Å²) in [7, 11) is 1.90. The molecular weight excluding hydrogens is 224 g/mol. The van der Waals surface area contributed by atoms with E-state index in [2.05, 4.69) is 16.4 Å². The first-order valence-corrected chi connectivity index (χ1v) is 5.80. The van der Waals surface area contributed by atoms with Crippen LogP contribution in [0.2, 0.25) is 5.02 Å². The highest BCUT2D eigenvalue weighted by molar-refractivity contribution is 6.30. The van der Waals surface area contributed by atoms with Crippen LogP contribution in [0, 0.1) is 0 Å². The van der Waals surface area contributed by atoms with Crippen LogP contribution in [0.4, 0.5) is 0 Å². The zero-order valence-corrected chi connectivity index (χ0v) is 10.00. The van der Waals surface area contributed by atoms with Gasteiger partial charge in [0, 0.05) is 6.20 Å². The molecule has 0 saturated carbocycles. The van der Waals surface area contributed by atoms with Crippen LogP contribution in [0.3, 0.4) is 0 Å². The van der Waals surface area contributed by atoms with Crippen molar-refractivity contribution in [3.05, 3.63) is 40.9 Å². The first-order valence-electron chi connectivity index (χ1n) is 5.43. The molecule has 3 nitrogen and oxygen atoms in total. The van der Waals surface area contributed by atoms with Crippen LogP contribution in [-0.4, -0.2) is 18.6 Å². The fourth-order valence-corrected chi connectivity index (χ4v) is 1.88. The van der Waals surface area contributed by atoms with E-state index in [4.69, 9.17) is 16.3 Å². The number of ether oxygens (including phenoxy) is 1. The van der Waals surface area contributed by atoms with Gasteiger partial charge in [-0.05, 0) is 38.1 Å². The molecule has 16 heavy (non-hydrogen) atoms. The van der Waals surface area contributed by atoms with Crippen molar-refractivity contribution >= 4 is 11.6 Å². The number of pyridine rings is 1. The molecule has 2 heterocycles. The van der Waals surface area contributed by atoms with Crippen LogP contribution in [0.25, 0.3) is 0 Å². The summed E-state index contributed by atoms with van der Waals surface area (Å²) in [5.41, 5.74) is 0.931. The van der Waals surface area contributed by atoms with Crippen molar-refractivity contribution in [3.8, 4) is 0 Å². The molecular formula is C12H15ClN2O. The Labute approximate surface area is 100 Å². The summed E-state index contributed by atoms with van der Waals surface area (Å²) in [5, 5.41) is 3.86. The van der Waals surface area contributed by atoms with E-state index in [0.29, 0.717) is 5.02 Å². The molecule has 1 aliphatic rings. The van der Waals surface area contributed by atoms with Crippen LogP contribution in [0.1, 0.15) is 24.6 Å². The Morgan fingerprint density at radius 3 is 2.94 bits per heavy atom. The molecule has 0 saturated heterocycles. The van der Waals surface area contributed by atoms with Gasteiger partial charge in [0.15, 0.2) is 0 Å². The molecule has 1 atom stereocenters. The molecule has 4 heteroatoms. The van der Waals surface area contributed by atoms with Gasteiger partial charge in [0.1, 0.15) is 11.8 Å². The predicted octanol–water partition coefficient (Wildman–Crippen LogP) is 2.69. The van der Waals surface area contributed by atoms with Gasteiger partial charge in [0.05, 0.1) is 17.3 Å². The van der Waals surface area contributed by atoms with Gasteiger partial charge in [-0.15, -0.1) is 0 Å². The first-order chi connectivity index (χ1) is 7.81. The lowest BCUT2D eigenvalue weighted by atomic mass is 10.1. The lowest BCUT2D eigenvalue weighted by Crippen LogP contribution is -2.22. The lowest BCUT2D eigenvalue weighted by Gasteiger charge is -2.23. The number of halogens is 1. The summed E-state index contributed by atoms with van der Waals surface area (Å²) in [6, 6.07) is 3.79. The minimum absolute atomic E-state index is 0.0255. The monoisotopic (exact) mass is 238 g/mol. The van der Waals surface area contributed by atoms with Crippen molar-refractivity contribution in [3.63, 3.8) is 0 Å². The maximum atomic E-state index is 5.82. The van der Waals surface area contributed by atoms with E-state index in [9.17, 15) is 0 Å². The normalized spacial score (nSPS) is 17.5. The van der Waals surface area contributed by atoms with Crippen LogP contribution in [0.15, 0.2) is 30.2 Å². The highest BCUT2D eigenvalue weighted by Crippen LogP contribution is 2.24. The Bertz CT molecular complexity index is 375. The third-order valence-electron chi connectivity index (χ3n) is 2.58. The van der Waals surface area contributed by atoms with E-state index >= 15 is 0 Å². The Morgan fingerprint density at radius 2 is 2.38 bits per heavy atom. The minimum Gasteiger partial charge on any atom is -0.496 e. The standard InChI is InChI=1S/C12H15ClN2O/c1-14-12(11-4-2-3-7-16-11)10-6-5-9(13)8-15-10/h4-6,8,12,14H,2-3,7H2,1H3. The molecule has 0 aliphatic carbocycles. The number of likely N-dealkylation sites (N-methyl/N-ethyl adjacent to an activating group) is 1. The van der Waals surface area contributed by atoms with E-state index in [1.54, 1.807) is 6.20 Å². The average Bonchev–Trinajstić information content (AvgIpc) is 2.34. The van der Waals surface area contributed by atoms with Gasteiger partial charge < -0.3 is 10.1 Å². The summed E-state index contributed by atoms with van der Waals surface area (Å²) < 4.78 is 5.64. The lowest BCUT2D eigenvalue weighted by molar-refractivity contribution is 0.169. The molecule has 0 bridgehead atoms. The second kappa shape index (κ2) is 5.32. The second-order valence-corrected chi connectivity index (χ2v) is 4.16. The molecule has 86 valence electrons. The maximum Gasteiger partial charge on any atom is 0.115 e. The highest BCUT2D eigenvalue weighted by Gasteiger charge is 2.19. The van der Waals surface area contributed by atoms with Crippen molar-refractivity contribution < 1.29 is 4.74 Å². The molecule has 0 radical (unpaired) electrons. The average molecular weight is 239 g/mol. The van der Waals surface area contributed by atoms with Gasteiger partial charge >= 0.3 is 0 Å². The fourth-order valence-electron chi connectivity index (χ4n) is 1.77. The van der Waals surface area contributed by atoms with Crippen LogP contribution in [0.5, 0.6) is 0 Å². The minimum atomic E-state index is 0.0255. The van der Waals surface area contributed by atoms with E-state index in [1.165, 1.54) is 0 Å². The Kier molecular flexibility index (Phi) is 3.80. The fraction of sp³-hybridized carbons (Fsp3) is 0.417. The first kappa shape index (κ1) is 11.4. The molecule has 2 rings (SSSR count). The van der Waals surface area contributed by atoms with Crippen molar-refractivity contribution in [2.75, 3.05) is 13.7 Å². The summed E-state index contributed by atoms with van der Waals surface area (Å²) in [6.07, 6.45) is 5.95. The van der Waals surface area contributed by atoms with Gasteiger partial charge in [-0.25, -0.2) is 0 Å². The largest absolute Gasteiger partial charge is 0.496 e. The molecule has 0 aromatic carbocycles. The predicted molar refractivity (Wildman–Crippen MR) is 64.3 cm³/mol. The molecule has 0 amide bonds. The van der Waals surface area contributed by atoms with Crippen molar-refractivity contribution in [1.82, 2.24) is 10.3 Å². The highest BCUT2D eigenvalue weighted by atomic mass is 35.5. The number of hydrogen-bond acceptors (Lipinski definition) is 3. The van der Waals surface area contributed by atoms with E-state index in [1.807, 2.05) is 19.2 Å². The van der Waals surface area contributed by atoms with E-state index < -0.39 is 0 Å². The van der Waals surface area contributed by atoms with Crippen molar-refractivity contribution in [2.45, 2.75) is 18.9 Å². The van der Waals surface area contributed by atoms with E-state index in [0.717, 1.165) is 30.9 Å².